The van der Waals surface area contributed by atoms with E-state index in [1.165, 1.54) is 13.0 Å². The van der Waals surface area contributed by atoms with Crippen molar-refractivity contribution in [2.75, 3.05) is 6.54 Å². The molecule has 0 saturated carbocycles. The van der Waals surface area contributed by atoms with Gasteiger partial charge >= 0.3 is 0 Å². The predicted octanol–water partition coefficient (Wildman–Crippen LogP) is 1.17. The molecule has 2 nitrogen and oxygen atoms in total. The second-order valence-corrected chi connectivity index (χ2v) is 4.07. The number of nitrogens with zero attached hydrogens (tertiary/aromatic N) is 1. The van der Waals surface area contributed by atoms with E-state index in [0.29, 0.717) is 6.17 Å². The SMILES string of the molecule is CC(C)(C)N1CCCC1N. The van der Waals surface area contributed by atoms with Gasteiger partial charge in [0.25, 0.3) is 0 Å². The fourth-order valence-corrected chi connectivity index (χ4v) is 1.63. The van der Waals surface area contributed by atoms with Crippen LogP contribution >= 0.6 is 0 Å². The Kier molecular flexibility index (Phi) is 2.02. The summed E-state index contributed by atoms with van der Waals surface area (Å²) < 4.78 is 0. The third-order valence-corrected chi connectivity index (χ3v) is 2.16. The number of nitrogens with two attached hydrogens (primary N) is 1. The molecule has 1 atom stereocenters. The largest absolute Gasteiger partial charge is 0.316 e. The van der Waals surface area contributed by atoms with Crippen molar-refractivity contribution < 1.29 is 0 Å². The zero-order valence-electron chi connectivity index (χ0n) is 7.22. The molecule has 1 rings (SSSR count). The molecular formula is C8H18N2. The smallest absolute Gasteiger partial charge is 0.0576 e. The third-order valence-electron chi connectivity index (χ3n) is 2.16. The summed E-state index contributed by atoms with van der Waals surface area (Å²) in [7, 11) is 0. The monoisotopic (exact) mass is 142 g/mol. The summed E-state index contributed by atoms with van der Waals surface area (Å²) in [6.07, 6.45) is 2.73. The van der Waals surface area contributed by atoms with E-state index >= 15 is 0 Å². The van der Waals surface area contributed by atoms with E-state index in [0.717, 1.165) is 6.42 Å². The summed E-state index contributed by atoms with van der Waals surface area (Å²) in [5, 5.41) is 0. The Balaban J connectivity index is 2.55. The standard InChI is InChI=1S/C8H18N2/c1-8(2,3)10-6-4-5-7(10)9/h7H,4-6,9H2,1-3H3. The van der Waals surface area contributed by atoms with Gasteiger partial charge < -0.3 is 5.73 Å². The van der Waals surface area contributed by atoms with Crippen LogP contribution in [0.1, 0.15) is 33.6 Å². The lowest BCUT2D eigenvalue weighted by molar-refractivity contribution is 0.124. The molecule has 0 spiro atoms. The van der Waals surface area contributed by atoms with Crippen LogP contribution in [-0.4, -0.2) is 23.1 Å². The Hall–Kier alpha value is -0.0800. The molecule has 1 fully saturated rings. The first-order chi connectivity index (χ1) is 4.52. The Labute approximate surface area is 63.4 Å². The summed E-state index contributed by atoms with van der Waals surface area (Å²) in [5.41, 5.74) is 6.15. The second-order valence-electron chi connectivity index (χ2n) is 4.07. The van der Waals surface area contributed by atoms with Crippen molar-refractivity contribution in [3.8, 4) is 0 Å². The van der Waals surface area contributed by atoms with Crippen LogP contribution in [0.2, 0.25) is 0 Å². The van der Waals surface area contributed by atoms with E-state index in [-0.39, 0.29) is 5.54 Å². The first-order valence-electron chi connectivity index (χ1n) is 4.04. The van der Waals surface area contributed by atoms with Gasteiger partial charge in [-0.15, -0.1) is 0 Å². The normalized spacial score (nSPS) is 29.4. The van der Waals surface area contributed by atoms with Gasteiger partial charge in [0, 0.05) is 12.1 Å². The fraction of sp³-hybridized carbons (Fsp3) is 1.00. The van der Waals surface area contributed by atoms with E-state index in [4.69, 9.17) is 5.73 Å². The van der Waals surface area contributed by atoms with Crippen LogP contribution in [0.15, 0.2) is 0 Å². The Bertz CT molecular complexity index is 115. The first kappa shape index (κ1) is 8.02. The molecule has 0 aromatic rings. The molecule has 0 amide bonds. The lowest BCUT2D eigenvalue weighted by Gasteiger charge is -2.34. The second kappa shape index (κ2) is 2.51. The highest BCUT2D eigenvalue weighted by Gasteiger charge is 2.29. The van der Waals surface area contributed by atoms with Crippen molar-refractivity contribution in [2.45, 2.75) is 45.3 Å². The Morgan fingerprint density at radius 1 is 1.40 bits per heavy atom. The highest BCUT2D eigenvalue weighted by atomic mass is 15.3. The van der Waals surface area contributed by atoms with Crippen LogP contribution in [0.3, 0.4) is 0 Å². The number of hydrogen-bond donors (Lipinski definition) is 1. The van der Waals surface area contributed by atoms with Crippen molar-refractivity contribution in [3.05, 3.63) is 0 Å². The minimum absolute atomic E-state index is 0.260. The molecule has 0 aliphatic carbocycles. The van der Waals surface area contributed by atoms with Crippen LogP contribution in [-0.2, 0) is 0 Å². The van der Waals surface area contributed by atoms with Crippen molar-refractivity contribution >= 4 is 0 Å². The van der Waals surface area contributed by atoms with Gasteiger partial charge in [-0.25, -0.2) is 0 Å². The van der Waals surface area contributed by atoms with Gasteiger partial charge in [0.1, 0.15) is 0 Å². The molecule has 0 aromatic heterocycles. The molecule has 2 heteroatoms. The van der Waals surface area contributed by atoms with Gasteiger partial charge in [-0.05, 0) is 33.6 Å². The van der Waals surface area contributed by atoms with E-state index < -0.39 is 0 Å². The molecule has 0 aromatic carbocycles. The summed E-state index contributed by atoms with van der Waals surface area (Å²) in [5.74, 6) is 0. The maximum absolute atomic E-state index is 5.89. The number of likely N-dealkylation sites (tertiary alicyclic amines) is 1. The van der Waals surface area contributed by atoms with Gasteiger partial charge in [-0.3, -0.25) is 4.90 Å². The molecule has 1 heterocycles. The highest BCUT2D eigenvalue weighted by Crippen LogP contribution is 2.22. The number of rotatable bonds is 0. The molecule has 1 unspecified atom stereocenters. The molecule has 10 heavy (non-hydrogen) atoms. The van der Waals surface area contributed by atoms with Gasteiger partial charge in [0.2, 0.25) is 0 Å². The van der Waals surface area contributed by atoms with Gasteiger partial charge in [0.05, 0.1) is 6.17 Å². The van der Waals surface area contributed by atoms with Crippen LogP contribution in [0.25, 0.3) is 0 Å². The molecule has 1 aliphatic rings. The molecule has 1 saturated heterocycles. The van der Waals surface area contributed by atoms with Crippen LogP contribution in [0.5, 0.6) is 0 Å². The predicted molar refractivity (Wildman–Crippen MR) is 43.7 cm³/mol. The molecule has 0 radical (unpaired) electrons. The van der Waals surface area contributed by atoms with Crippen molar-refractivity contribution in [2.24, 2.45) is 5.73 Å². The van der Waals surface area contributed by atoms with Crippen molar-refractivity contribution in [1.82, 2.24) is 4.90 Å². The molecule has 2 N–H and O–H groups in total. The zero-order chi connectivity index (χ0) is 7.78. The molecule has 1 aliphatic heterocycles. The van der Waals surface area contributed by atoms with Crippen molar-refractivity contribution in [1.29, 1.82) is 0 Å². The minimum Gasteiger partial charge on any atom is -0.316 e. The van der Waals surface area contributed by atoms with Gasteiger partial charge in [-0.1, -0.05) is 0 Å². The summed E-state index contributed by atoms with van der Waals surface area (Å²) in [6, 6.07) is 0. The van der Waals surface area contributed by atoms with Crippen LogP contribution in [0, 0.1) is 0 Å². The Morgan fingerprint density at radius 3 is 2.20 bits per heavy atom. The lowest BCUT2D eigenvalue weighted by atomic mass is 10.1. The van der Waals surface area contributed by atoms with Crippen LogP contribution < -0.4 is 5.73 Å². The van der Waals surface area contributed by atoms with E-state index in [1.54, 1.807) is 0 Å². The molecule has 0 bridgehead atoms. The van der Waals surface area contributed by atoms with Crippen LogP contribution in [0.4, 0.5) is 0 Å². The summed E-state index contributed by atoms with van der Waals surface area (Å²) in [4.78, 5) is 2.37. The van der Waals surface area contributed by atoms with Gasteiger partial charge in [-0.2, -0.15) is 0 Å². The number of hydrogen-bond acceptors (Lipinski definition) is 2. The quantitative estimate of drug-likeness (QED) is 0.550. The maximum Gasteiger partial charge on any atom is 0.0576 e. The third kappa shape index (κ3) is 1.50. The van der Waals surface area contributed by atoms with E-state index in [2.05, 4.69) is 25.7 Å². The summed E-state index contributed by atoms with van der Waals surface area (Å²) in [6.45, 7) is 7.83. The zero-order valence-corrected chi connectivity index (χ0v) is 7.22. The molecule has 60 valence electrons. The average Bonchev–Trinajstić information content (AvgIpc) is 2.11. The van der Waals surface area contributed by atoms with Gasteiger partial charge in [0.15, 0.2) is 0 Å². The maximum atomic E-state index is 5.89. The van der Waals surface area contributed by atoms with Crippen molar-refractivity contribution in [3.63, 3.8) is 0 Å². The summed E-state index contributed by atoms with van der Waals surface area (Å²) >= 11 is 0. The van der Waals surface area contributed by atoms with E-state index in [1.807, 2.05) is 0 Å². The first-order valence-corrected chi connectivity index (χ1v) is 4.04. The minimum atomic E-state index is 0.260. The van der Waals surface area contributed by atoms with E-state index in [9.17, 15) is 0 Å². The molecular weight excluding hydrogens is 124 g/mol. The topological polar surface area (TPSA) is 29.3 Å². The lowest BCUT2D eigenvalue weighted by Crippen LogP contribution is -2.48. The fourth-order valence-electron chi connectivity index (χ4n) is 1.63. The Morgan fingerprint density at radius 2 is 2.00 bits per heavy atom. The average molecular weight is 142 g/mol. The highest BCUT2D eigenvalue weighted by molar-refractivity contribution is 4.84.